The number of hydrogen-bond donors (Lipinski definition) is 1. The largest absolute Gasteiger partial charge is 0.335 e. The molecular weight excluding hydrogens is 219 g/mol. The summed E-state index contributed by atoms with van der Waals surface area (Å²) in [6, 6.07) is 5.60. The highest BCUT2D eigenvalue weighted by molar-refractivity contribution is 5.94. The Labute approximate surface area is 100 Å². The molecule has 1 saturated heterocycles. The quantitative estimate of drug-likeness (QED) is 0.848. The molecule has 1 aromatic rings. The molecule has 0 aromatic heterocycles. The van der Waals surface area contributed by atoms with Crippen molar-refractivity contribution in [2.45, 2.75) is 19.4 Å². The molecule has 1 amide bonds. The number of benzene rings is 1. The van der Waals surface area contributed by atoms with Crippen molar-refractivity contribution in [3.63, 3.8) is 0 Å². The average Bonchev–Trinajstić information content (AvgIpc) is 2.24. The van der Waals surface area contributed by atoms with Crippen molar-refractivity contribution in [2.75, 3.05) is 13.1 Å². The normalized spacial score (nSPS) is 18.1. The molecule has 0 spiro atoms. The Hall–Kier alpha value is -1.42. The van der Waals surface area contributed by atoms with Gasteiger partial charge in [0.15, 0.2) is 0 Å². The first kappa shape index (κ1) is 12.0. The number of amides is 1. The van der Waals surface area contributed by atoms with Crippen LogP contribution >= 0.6 is 0 Å². The molecule has 1 aliphatic rings. The molecule has 0 unspecified atom stereocenters. The third-order valence-electron chi connectivity index (χ3n) is 3.50. The lowest BCUT2D eigenvalue weighted by Gasteiger charge is -2.50. The van der Waals surface area contributed by atoms with Gasteiger partial charge in [0, 0.05) is 18.7 Å². The number of nitrogens with zero attached hydrogens (tertiary/aromatic N) is 1. The third-order valence-corrected chi connectivity index (χ3v) is 3.50. The molecule has 0 aliphatic carbocycles. The summed E-state index contributed by atoms with van der Waals surface area (Å²) in [6.07, 6.45) is 0. The molecule has 1 aromatic carbocycles. The molecule has 1 aliphatic heterocycles. The van der Waals surface area contributed by atoms with E-state index in [4.69, 9.17) is 5.73 Å². The van der Waals surface area contributed by atoms with Gasteiger partial charge < -0.3 is 10.6 Å². The summed E-state index contributed by atoms with van der Waals surface area (Å²) in [6.45, 7) is 5.25. The monoisotopic (exact) mass is 236 g/mol. The Morgan fingerprint density at radius 1 is 1.35 bits per heavy atom. The van der Waals surface area contributed by atoms with Gasteiger partial charge in [0.25, 0.3) is 5.91 Å². The maximum absolute atomic E-state index is 12.7. The van der Waals surface area contributed by atoms with Crippen LogP contribution in [0.5, 0.6) is 0 Å². The topological polar surface area (TPSA) is 46.3 Å². The standard InChI is InChI=1S/C13H17FN2O/c1-9(2)13(15)7-16(8-13)12(17)10-3-5-11(14)6-4-10/h3-6,9H,7-8,15H2,1-2H3. The van der Waals surface area contributed by atoms with Gasteiger partial charge in [-0.05, 0) is 30.2 Å². The fourth-order valence-corrected chi connectivity index (χ4v) is 1.95. The van der Waals surface area contributed by atoms with E-state index >= 15 is 0 Å². The first-order valence-electron chi connectivity index (χ1n) is 5.76. The number of carbonyl (C=O) groups excluding carboxylic acids is 1. The van der Waals surface area contributed by atoms with Gasteiger partial charge in [0.05, 0.1) is 5.54 Å². The molecule has 1 heterocycles. The Morgan fingerprint density at radius 3 is 2.35 bits per heavy atom. The summed E-state index contributed by atoms with van der Waals surface area (Å²) in [4.78, 5) is 13.7. The van der Waals surface area contributed by atoms with Crippen molar-refractivity contribution in [2.24, 2.45) is 11.7 Å². The minimum atomic E-state index is -0.333. The van der Waals surface area contributed by atoms with Crippen molar-refractivity contribution in [3.05, 3.63) is 35.6 Å². The number of rotatable bonds is 2. The lowest BCUT2D eigenvalue weighted by Crippen LogP contribution is -2.71. The first-order chi connectivity index (χ1) is 7.92. The number of carbonyl (C=O) groups is 1. The molecule has 92 valence electrons. The van der Waals surface area contributed by atoms with Gasteiger partial charge in [-0.25, -0.2) is 4.39 Å². The maximum Gasteiger partial charge on any atom is 0.253 e. The van der Waals surface area contributed by atoms with E-state index in [1.165, 1.54) is 24.3 Å². The zero-order chi connectivity index (χ0) is 12.6. The van der Waals surface area contributed by atoms with Crippen LogP contribution in [0.2, 0.25) is 0 Å². The van der Waals surface area contributed by atoms with Crippen molar-refractivity contribution in [1.82, 2.24) is 4.90 Å². The molecule has 0 saturated carbocycles. The molecule has 1 fully saturated rings. The van der Waals surface area contributed by atoms with Gasteiger partial charge in [-0.15, -0.1) is 0 Å². The Morgan fingerprint density at radius 2 is 1.88 bits per heavy atom. The predicted molar refractivity (Wildman–Crippen MR) is 64.1 cm³/mol. The molecule has 0 atom stereocenters. The maximum atomic E-state index is 12.7. The third kappa shape index (κ3) is 2.17. The highest BCUT2D eigenvalue weighted by atomic mass is 19.1. The van der Waals surface area contributed by atoms with Crippen molar-refractivity contribution >= 4 is 5.91 Å². The van der Waals surface area contributed by atoms with Crippen LogP contribution in [0.3, 0.4) is 0 Å². The molecule has 3 nitrogen and oxygen atoms in total. The second-order valence-corrected chi connectivity index (χ2v) is 5.06. The second kappa shape index (κ2) is 4.11. The molecule has 4 heteroatoms. The summed E-state index contributed by atoms with van der Waals surface area (Å²) < 4.78 is 12.7. The Kier molecular flexibility index (Phi) is 2.91. The van der Waals surface area contributed by atoms with E-state index in [9.17, 15) is 9.18 Å². The Bertz CT molecular complexity index is 422. The fraction of sp³-hybridized carbons (Fsp3) is 0.462. The minimum Gasteiger partial charge on any atom is -0.335 e. The van der Waals surface area contributed by atoms with Crippen LogP contribution in [-0.4, -0.2) is 29.4 Å². The van der Waals surface area contributed by atoms with Crippen LogP contribution in [-0.2, 0) is 0 Å². The van der Waals surface area contributed by atoms with Gasteiger partial charge in [0.1, 0.15) is 5.82 Å². The van der Waals surface area contributed by atoms with E-state index < -0.39 is 0 Å². The molecule has 2 rings (SSSR count). The molecular formula is C13H17FN2O. The van der Waals surface area contributed by atoms with Gasteiger partial charge in [-0.2, -0.15) is 0 Å². The van der Waals surface area contributed by atoms with Crippen LogP contribution in [0.25, 0.3) is 0 Å². The molecule has 17 heavy (non-hydrogen) atoms. The van der Waals surface area contributed by atoms with Crippen LogP contribution in [0.4, 0.5) is 4.39 Å². The lowest BCUT2D eigenvalue weighted by molar-refractivity contribution is 0.0275. The molecule has 2 N–H and O–H groups in total. The summed E-state index contributed by atoms with van der Waals surface area (Å²) in [7, 11) is 0. The SMILES string of the molecule is CC(C)C1(N)CN(C(=O)c2ccc(F)cc2)C1. The van der Waals surface area contributed by atoms with Crippen molar-refractivity contribution in [3.8, 4) is 0 Å². The number of hydrogen-bond acceptors (Lipinski definition) is 2. The summed E-state index contributed by atoms with van der Waals surface area (Å²) in [5.74, 6) is -0.0630. The summed E-state index contributed by atoms with van der Waals surface area (Å²) in [5, 5.41) is 0. The van der Waals surface area contributed by atoms with Crippen molar-refractivity contribution < 1.29 is 9.18 Å². The molecule has 0 radical (unpaired) electrons. The second-order valence-electron chi connectivity index (χ2n) is 5.06. The highest BCUT2D eigenvalue weighted by Gasteiger charge is 2.44. The summed E-state index contributed by atoms with van der Waals surface area (Å²) in [5.41, 5.74) is 6.37. The smallest absolute Gasteiger partial charge is 0.253 e. The van der Waals surface area contributed by atoms with Crippen LogP contribution in [0.15, 0.2) is 24.3 Å². The van der Waals surface area contributed by atoms with Crippen LogP contribution < -0.4 is 5.73 Å². The predicted octanol–water partition coefficient (Wildman–Crippen LogP) is 1.64. The Balaban J connectivity index is 2.02. The van der Waals surface area contributed by atoms with Gasteiger partial charge in [0.2, 0.25) is 0 Å². The van der Waals surface area contributed by atoms with E-state index in [0.29, 0.717) is 24.6 Å². The van der Waals surface area contributed by atoms with E-state index in [1.54, 1.807) is 4.90 Å². The van der Waals surface area contributed by atoms with Crippen LogP contribution in [0, 0.1) is 11.7 Å². The number of halogens is 1. The fourth-order valence-electron chi connectivity index (χ4n) is 1.95. The first-order valence-corrected chi connectivity index (χ1v) is 5.76. The van der Waals surface area contributed by atoms with Gasteiger partial charge >= 0.3 is 0 Å². The van der Waals surface area contributed by atoms with Crippen LogP contribution in [0.1, 0.15) is 24.2 Å². The zero-order valence-electron chi connectivity index (χ0n) is 10.1. The average molecular weight is 236 g/mol. The number of nitrogens with two attached hydrogens (primary N) is 1. The molecule has 0 bridgehead atoms. The highest BCUT2D eigenvalue weighted by Crippen LogP contribution is 2.27. The minimum absolute atomic E-state index is 0.0771. The zero-order valence-corrected chi connectivity index (χ0v) is 10.1. The van der Waals surface area contributed by atoms with E-state index in [0.717, 1.165) is 0 Å². The van der Waals surface area contributed by atoms with E-state index in [1.807, 2.05) is 0 Å². The van der Waals surface area contributed by atoms with E-state index in [-0.39, 0.29) is 17.3 Å². The lowest BCUT2D eigenvalue weighted by atomic mass is 9.80. The van der Waals surface area contributed by atoms with Crippen molar-refractivity contribution in [1.29, 1.82) is 0 Å². The van der Waals surface area contributed by atoms with E-state index in [2.05, 4.69) is 13.8 Å². The van der Waals surface area contributed by atoms with Gasteiger partial charge in [-0.1, -0.05) is 13.8 Å². The van der Waals surface area contributed by atoms with Gasteiger partial charge in [-0.3, -0.25) is 4.79 Å². The number of likely N-dealkylation sites (tertiary alicyclic amines) is 1. The summed E-state index contributed by atoms with van der Waals surface area (Å²) >= 11 is 0.